The summed E-state index contributed by atoms with van der Waals surface area (Å²) in [6.07, 6.45) is 1.49. The number of halogens is 1. The first kappa shape index (κ1) is 13.2. The number of nitrogens with zero attached hydrogens (tertiary/aromatic N) is 3. The van der Waals surface area contributed by atoms with E-state index in [1.807, 2.05) is 6.92 Å². The number of hydrogen-bond acceptors (Lipinski definition) is 4. The van der Waals surface area contributed by atoms with Gasteiger partial charge in [-0.1, -0.05) is 11.6 Å². The zero-order valence-corrected chi connectivity index (χ0v) is 11.0. The molecule has 1 aromatic heterocycles. The minimum atomic E-state index is 0.347. The molecule has 0 saturated carbocycles. The van der Waals surface area contributed by atoms with Gasteiger partial charge in [-0.2, -0.15) is 0 Å². The maximum absolute atomic E-state index is 5.99. The molecule has 0 aliphatic heterocycles. The third kappa shape index (κ3) is 3.06. The Morgan fingerprint density at radius 1 is 1.44 bits per heavy atom. The van der Waals surface area contributed by atoms with E-state index in [1.54, 1.807) is 7.11 Å². The van der Waals surface area contributed by atoms with Crippen molar-refractivity contribution in [1.29, 1.82) is 0 Å². The highest BCUT2D eigenvalue weighted by Crippen LogP contribution is 2.23. The van der Waals surface area contributed by atoms with Crippen molar-refractivity contribution in [3.63, 3.8) is 0 Å². The first-order valence-corrected chi connectivity index (χ1v) is 5.68. The molecule has 16 heavy (non-hydrogen) atoms. The predicted molar refractivity (Wildman–Crippen MR) is 66.1 cm³/mol. The number of ether oxygens (including phenoxy) is 1. The van der Waals surface area contributed by atoms with Crippen LogP contribution in [0.4, 0.5) is 5.82 Å². The molecule has 0 amide bonds. The largest absolute Gasteiger partial charge is 0.383 e. The van der Waals surface area contributed by atoms with Crippen molar-refractivity contribution in [2.45, 2.75) is 26.8 Å². The summed E-state index contributed by atoms with van der Waals surface area (Å²) in [7, 11) is 1.69. The Morgan fingerprint density at radius 2 is 2.12 bits per heavy atom. The molecule has 0 aliphatic rings. The lowest BCUT2D eigenvalue weighted by atomic mass is 10.2. The molecule has 0 radical (unpaired) electrons. The summed E-state index contributed by atoms with van der Waals surface area (Å²) in [6.45, 7) is 7.62. The fourth-order valence-corrected chi connectivity index (χ4v) is 1.64. The average molecular weight is 244 g/mol. The second-order valence-electron chi connectivity index (χ2n) is 3.89. The van der Waals surface area contributed by atoms with Crippen LogP contribution in [0, 0.1) is 6.92 Å². The van der Waals surface area contributed by atoms with Crippen LogP contribution in [0.2, 0.25) is 5.15 Å². The Labute approximate surface area is 102 Å². The van der Waals surface area contributed by atoms with Crippen LogP contribution >= 0.6 is 11.6 Å². The Bertz CT molecular complexity index is 344. The van der Waals surface area contributed by atoms with Gasteiger partial charge < -0.3 is 9.64 Å². The molecule has 0 aliphatic carbocycles. The molecule has 0 unspecified atom stereocenters. The van der Waals surface area contributed by atoms with Crippen molar-refractivity contribution in [2.75, 3.05) is 25.2 Å². The summed E-state index contributed by atoms with van der Waals surface area (Å²) in [5.41, 5.74) is 0.911. The second-order valence-corrected chi connectivity index (χ2v) is 4.25. The van der Waals surface area contributed by atoms with Gasteiger partial charge in [0.25, 0.3) is 0 Å². The van der Waals surface area contributed by atoms with Gasteiger partial charge in [0.1, 0.15) is 17.3 Å². The van der Waals surface area contributed by atoms with Gasteiger partial charge >= 0.3 is 0 Å². The number of methoxy groups -OCH3 is 1. The van der Waals surface area contributed by atoms with Crippen LogP contribution in [0.25, 0.3) is 0 Å². The van der Waals surface area contributed by atoms with E-state index in [2.05, 4.69) is 28.7 Å². The van der Waals surface area contributed by atoms with E-state index in [1.165, 1.54) is 6.33 Å². The number of rotatable bonds is 5. The molecule has 0 saturated heterocycles. The van der Waals surface area contributed by atoms with E-state index in [-0.39, 0.29) is 0 Å². The Balaban J connectivity index is 2.96. The summed E-state index contributed by atoms with van der Waals surface area (Å²) < 4.78 is 5.10. The van der Waals surface area contributed by atoms with Gasteiger partial charge in [-0.25, -0.2) is 9.97 Å². The van der Waals surface area contributed by atoms with Crippen LogP contribution in [-0.4, -0.2) is 36.3 Å². The van der Waals surface area contributed by atoms with Crippen molar-refractivity contribution in [1.82, 2.24) is 9.97 Å². The summed E-state index contributed by atoms with van der Waals surface area (Å²) in [5, 5.41) is 0.507. The van der Waals surface area contributed by atoms with E-state index in [9.17, 15) is 0 Å². The zero-order chi connectivity index (χ0) is 12.1. The molecule has 0 fully saturated rings. The van der Waals surface area contributed by atoms with Gasteiger partial charge in [-0.05, 0) is 20.8 Å². The van der Waals surface area contributed by atoms with Crippen molar-refractivity contribution in [3.05, 3.63) is 17.0 Å². The molecule has 1 heterocycles. The summed E-state index contributed by atoms with van der Waals surface area (Å²) >= 11 is 5.99. The van der Waals surface area contributed by atoms with E-state index in [0.29, 0.717) is 17.8 Å². The number of hydrogen-bond donors (Lipinski definition) is 0. The first-order chi connectivity index (χ1) is 7.57. The second kappa shape index (κ2) is 6.01. The van der Waals surface area contributed by atoms with Gasteiger partial charge in [0.2, 0.25) is 0 Å². The van der Waals surface area contributed by atoms with Crippen LogP contribution in [0.5, 0.6) is 0 Å². The van der Waals surface area contributed by atoms with Crippen molar-refractivity contribution < 1.29 is 4.74 Å². The maximum Gasteiger partial charge on any atom is 0.137 e. The summed E-state index contributed by atoms with van der Waals surface area (Å²) in [4.78, 5) is 10.4. The number of aromatic nitrogens is 2. The Kier molecular flexibility index (Phi) is 4.96. The molecule has 0 atom stereocenters. The molecular weight excluding hydrogens is 226 g/mol. The minimum absolute atomic E-state index is 0.347. The van der Waals surface area contributed by atoms with Gasteiger partial charge in [0, 0.05) is 25.3 Å². The molecule has 1 rings (SSSR count). The molecule has 90 valence electrons. The standard InChI is InChI=1S/C11H18ClN3O/c1-8(2)15(5-6-16-4)11-9(3)10(12)13-7-14-11/h7-8H,5-6H2,1-4H3. The molecule has 0 bridgehead atoms. The highest BCUT2D eigenvalue weighted by atomic mass is 35.5. The predicted octanol–water partition coefficient (Wildman–Crippen LogP) is 2.30. The van der Waals surface area contributed by atoms with Gasteiger partial charge in [-0.15, -0.1) is 0 Å². The summed E-state index contributed by atoms with van der Waals surface area (Å²) in [5.74, 6) is 0.882. The van der Waals surface area contributed by atoms with Crippen molar-refractivity contribution in [2.24, 2.45) is 0 Å². The lowest BCUT2D eigenvalue weighted by Gasteiger charge is -2.28. The summed E-state index contributed by atoms with van der Waals surface area (Å²) in [6, 6.07) is 0.347. The molecule has 0 aromatic carbocycles. The minimum Gasteiger partial charge on any atom is -0.383 e. The quantitative estimate of drug-likeness (QED) is 0.744. The lowest BCUT2D eigenvalue weighted by Crippen LogP contribution is -2.35. The van der Waals surface area contributed by atoms with Gasteiger partial charge in [0.15, 0.2) is 0 Å². The third-order valence-corrected chi connectivity index (χ3v) is 2.81. The van der Waals surface area contributed by atoms with Crippen LogP contribution in [-0.2, 0) is 4.74 Å². The normalized spacial score (nSPS) is 10.9. The van der Waals surface area contributed by atoms with Crippen LogP contribution < -0.4 is 4.90 Å². The molecular formula is C11H18ClN3O. The zero-order valence-electron chi connectivity index (χ0n) is 10.2. The van der Waals surface area contributed by atoms with E-state index in [0.717, 1.165) is 17.9 Å². The highest BCUT2D eigenvalue weighted by Gasteiger charge is 2.15. The maximum atomic E-state index is 5.99. The van der Waals surface area contributed by atoms with Gasteiger partial charge in [-0.3, -0.25) is 0 Å². The molecule has 1 aromatic rings. The number of anilines is 1. The SMILES string of the molecule is COCCN(c1ncnc(Cl)c1C)C(C)C. The Morgan fingerprint density at radius 3 is 2.69 bits per heavy atom. The molecule has 0 N–H and O–H groups in total. The van der Waals surface area contributed by atoms with Crippen LogP contribution in [0.3, 0.4) is 0 Å². The van der Waals surface area contributed by atoms with Gasteiger partial charge in [0.05, 0.1) is 6.61 Å². The molecule has 5 heteroatoms. The molecule has 4 nitrogen and oxygen atoms in total. The van der Waals surface area contributed by atoms with Crippen molar-refractivity contribution in [3.8, 4) is 0 Å². The Hall–Kier alpha value is -0.870. The van der Waals surface area contributed by atoms with E-state index >= 15 is 0 Å². The highest BCUT2D eigenvalue weighted by molar-refractivity contribution is 6.30. The fourth-order valence-electron chi connectivity index (χ4n) is 1.51. The lowest BCUT2D eigenvalue weighted by molar-refractivity contribution is 0.203. The topological polar surface area (TPSA) is 38.2 Å². The first-order valence-electron chi connectivity index (χ1n) is 5.30. The van der Waals surface area contributed by atoms with Crippen LogP contribution in [0.1, 0.15) is 19.4 Å². The van der Waals surface area contributed by atoms with E-state index < -0.39 is 0 Å². The third-order valence-electron chi connectivity index (χ3n) is 2.43. The van der Waals surface area contributed by atoms with E-state index in [4.69, 9.17) is 16.3 Å². The van der Waals surface area contributed by atoms with Crippen LogP contribution in [0.15, 0.2) is 6.33 Å². The molecule has 0 spiro atoms. The fraction of sp³-hybridized carbons (Fsp3) is 0.636. The smallest absolute Gasteiger partial charge is 0.137 e. The monoisotopic (exact) mass is 243 g/mol. The van der Waals surface area contributed by atoms with Crippen molar-refractivity contribution >= 4 is 17.4 Å². The average Bonchev–Trinajstić information content (AvgIpc) is 2.24.